The van der Waals surface area contributed by atoms with Crippen molar-refractivity contribution >= 4 is 11.9 Å². The maximum Gasteiger partial charge on any atom is 0.308 e. The molecule has 0 bridgehead atoms. The number of carboxylic acids is 2. The van der Waals surface area contributed by atoms with Crippen LogP contribution in [0.2, 0.25) is 0 Å². The Morgan fingerprint density at radius 1 is 1.35 bits per heavy atom. The summed E-state index contributed by atoms with van der Waals surface area (Å²) in [5.74, 6) is -3.64. The van der Waals surface area contributed by atoms with Crippen LogP contribution in [0.1, 0.15) is 12.1 Å². The Morgan fingerprint density at radius 3 is 2.60 bits per heavy atom. The fourth-order valence-electron chi connectivity index (χ4n) is 2.69. The molecule has 0 saturated carbocycles. The third-order valence-electron chi connectivity index (χ3n) is 3.94. The van der Waals surface area contributed by atoms with Crippen molar-refractivity contribution in [3.63, 3.8) is 0 Å². The van der Waals surface area contributed by atoms with Gasteiger partial charge in [0.25, 0.3) is 0 Å². The second-order valence-corrected chi connectivity index (χ2v) is 5.17. The normalized spacial score (nSPS) is 23.6. The van der Waals surface area contributed by atoms with Gasteiger partial charge in [-0.3, -0.25) is 14.3 Å². The fourth-order valence-corrected chi connectivity index (χ4v) is 2.69. The summed E-state index contributed by atoms with van der Waals surface area (Å²) < 4.78 is 1.79. The van der Waals surface area contributed by atoms with Gasteiger partial charge in [0.2, 0.25) is 0 Å². The van der Waals surface area contributed by atoms with Gasteiger partial charge < -0.3 is 15.1 Å². The summed E-state index contributed by atoms with van der Waals surface area (Å²) in [6, 6.07) is 1.93. The van der Waals surface area contributed by atoms with Gasteiger partial charge in [-0.05, 0) is 19.0 Å². The van der Waals surface area contributed by atoms with Gasteiger partial charge in [0.05, 0.1) is 11.8 Å². The molecule has 1 aliphatic rings. The molecule has 0 radical (unpaired) electrons. The zero-order valence-corrected chi connectivity index (χ0v) is 11.4. The number of nitrogens with zero attached hydrogens (tertiary/aromatic N) is 3. The van der Waals surface area contributed by atoms with Crippen molar-refractivity contribution in [3.8, 4) is 0 Å². The lowest BCUT2D eigenvalue weighted by Gasteiger charge is -2.34. The molecule has 2 heterocycles. The van der Waals surface area contributed by atoms with Crippen LogP contribution >= 0.6 is 0 Å². The molecule has 1 aliphatic heterocycles. The minimum absolute atomic E-state index is 0.296. The van der Waals surface area contributed by atoms with Crippen LogP contribution < -0.4 is 0 Å². The van der Waals surface area contributed by atoms with E-state index in [1.165, 1.54) is 0 Å². The first-order valence-electron chi connectivity index (χ1n) is 6.64. The van der Waals surface area contributed by atoms with Gasteiger partial charge in [0, 0.05) is 38.4 Å². The first-order chi connectivity index (χ1) is 9.49. The first kappa shape index (κ1) is 14.5. The Hall–Kier alpha value is -1.89. The highest BCUT2D eigenvalue weighted by Crippen LogP contribution is 2.24. The van der Waals surface area contributed by atoms with Crippen LogP contribution in [0.5, 0.6) is 0 Å². The Balaban J connectivity index is 1.93. The minimum atomic E-state index is -1.03. The number of piperidine rings is 1. The second-order valence-electron chi connectivity index (χ2n) is 5.17. The van der Waals surface area contributed by atoms with Gasteiger partial charge in [-0.1, -0.05) is 0 Å². The van der Waals surface area contributed by atoms with Crippen LogP contribution in [-0.4, -0.2) is 56.5 Å². The average Bonchev–Trinajstić information content (AvgIpc) is 2.81. The molecule has 0 aromatic carbocycles. The largest absolute Gasteiger partial charge is 0.481 e. The van der Waals surface area contributed by atoms with Gasteiger partial charge in [0.15, 0.2) is 0 Å². The van der Waals surface area contributed by atoms with Crippen molar-refractivity contribution in [2.45, 2.75) is 12.8 Å². The van der Waals surface area contributed by atoms with Crippen LogP contribution in [-0.2, 0) is 23.1 Å². The van der Waals surface area contributed by atoms with Crippen LogP contribution in [0.3, 0.4) is 0 Å². The lowest BCUT2D eigenvalue weighted by molar-refractivity contribution is -0.157. The average molecular weight is 281 g/mol. The van der Waals surface area contributed by atoms with E-state index >= 15 is 0 Å². The van der Waals surface area contributed by atoms with Gasteiger partial charge >= 0.3 is 11.9 Å². The van der Waals surface area contributed by atoms with Crippen LogP contribution in [0.25, 0.3) is 0 Å². The van der Waals surface area contributed by atoms with Crippen molar-refractivity contribution in [2.75, 3.05) is 19.6 Å². The zero-order chi connectivity index (χ0) is 14.7. The van der Waals surface area contributed by atoms with Gasteiger partial charge in [0.1, 0.15) is 0 Å². The van der Waals surface area contributed by atoms with Crippen molar-refractivity contribution in [3.05, 3.63) is 18.0 Å². The second kappa shape index (κ2) is 6.04. The number of carbonyl (C=O) groups is 2. The molecular weight excluding hydrogens is 262 g/mol. The summed E-state index contributed by atoms with van der Waals surface area (Å²) in [5.41, 5.74) is 1.08. The molecule has 0 spiro atoms. The molecule has 2 rings (SSSR count). The molecule has 2 atom stereocenters. The Bertz CT molecular complexity index is 500. The number of rotatable bonds is 5. The highest BCUT2D eigenvalue weighted by molar-refractivity contribution is 5.80. The highest BCUT2D eigenvalue weighted by Gasteiger charge is 2.38. The Kier molecular flexibility index (Phi) is 4.39. The van der Waals surface area contributed by atoms with Crippen LogP contribution in [0.4, 0.5) is 0 Å². The molecule has 1 fully saturated rings. The maximum atomic E-state index is 11.2. The van der Waals surface area contributed by atoms with Crippen molar-refractivity contribution < 1.29 is 19.8 Å². The lowest BCUT2D eigenvalue weighted by atomic mass is 9.85. The zero-order valence-electron chi connectivity index (χ0n) is 11.4. The molecule has 0 amide bonds. The number of hydrogen-bond donors (Lipinski definition) is 2. The van der Waals surface area contributed by atoms with Crippen LogP contribution in [0, 0.1) is 11.8 Å². The van der Waals surface area contributed by atoms with E-state index in [4.69, 9.17) is 10.2 Å². The molecule has 1 saturated heterocycles. The summed E-state index contributed by atoms with van der Waals surface area (Å²) in [7, 11) is 1.87. The number of hydrogen-bond acceptors (Lipinski definition) is 4. The lowest BCUT2D eigenvalue weighted by Crippen LogP contribution is -2.47. The van der Waals surface area contributed by atoms with E-state index in [0.29, 0.717) is 19.5 Å². The molecule has 0 aliphatic carbocycles. The fraction of sp³-hybridized carbons (Fsp3) is 0.615. The molecule has 1 aromatic rings. The molecule has 1 aromatic heterocycles. The SMILES string of the molecule is Cn1nccc1CCN1CCC(C(=O)O)C(C(=O)O)C1. The third kappa shape index (κ3) is 3.16. The summed E-state index contributed by atoms with van der Waals surface area (Å²) in [6.45, 7) is 1.64. The molecule has 20 heavy (non-hydrogen) atoms. The molecule has 110 valence electrons. The van der Waals surface area contributed by atoms with E-state index in [1.54, 1.807) is 10.9 Å². The summed E-state index contributed by atoms with van der Waals surface area (Å²) in [5, 5.41) is 22.3. The molecule has 7 heteroatoms. The maximum absolute atomic E-state index is 11.2. The van der Waals surface area contributed by atoms with E-state index in [1.807, 2.05) is 18.0 Å². The summed E-state index contributed by atoms with van der Waals surface area (Å²) in [6.07, 6.45) is 2.89. The predicted octanol–water partition coefficient (Wildman–Crippen LogP) is 0.0699. The Labute approximate surface area is 116 Å². The predicted molar refractivity (Wildman–Crippen MR) is 70.2 cm³/mol. The number of aliphatic carboxylic acids is 2. The standard InChI is InChI=1S/C13H19N3O4/c1-15-9(2-5-14-15)3-6-16-7-4-10(12(17)18)11(8-16)13(19)20/h2,5,10-11H,3-4,6-8H2,1H3,(H,17,18)(H,19,20). The quantitative estimate of drug-likeness (QED) is 0.793. The van der Waals surface area contributed by atoms with Crippen molar-refractivity contribution in [1.82, 2.24) is 14.7 Å². The van der Waals surface area contributed by atoms with E-state index in [0.717, 1.165) is 18.7 Å². The number of likely N-dealkylation sites (tertiary alicyclic amines) is 1. The van der Waals surface area contributed by atoms with E-state index in [-0.39, 0.29) is 0 Å². The van der Waals surface area contributed by atoms with Gasteiger partial charge in [-0.2, -0.15) is 5.10 Å². The summed E-state index contributed by atoms with van der Waals surface area (Å²) >= 11 is 0. The number of carboxylic acid groups (broad SMARTS) is 2. The molecule has 2 unspecified atom stereocenters. The van der Waals surface area contributed by atoms with E-state index in [2.05, 4.69) is 5.10 Å². The molecular formula is C13H19N3O4. The highest BCUT2D eigenvalue weighted by atomic mass is 16.4. The number of aromatic nitrogens is 2. The van der Waals surface area contributed by atoms with Crippen LogP contribution in [0.15, 0.2) is 12.3 Å². The molecule has 2 N–H and O–H groups in total. The van der Waals surface area contributed by atoms with E-state index < -0.39 is 23.8 Å². The third-order valence-corrected chi connectivity index (χ3v) is 3.94. The monoisotopic (exact) mass is 281 g/mol. The van der Waals surface area contributed by atoms with Gasteiger partial charge in [-0.25, -0.2) is 0 Å². The molecule has 7 nitrogen and oxygen atoms in total. The topological polar surface area (TPSA) is 95.7 Å². The number of aryl methyl sites for hydroxylation is 1. The van der Waals surface area contributed by atoms with Crippen molar-refractivity contribution in [2.24, 2.45) is 18.9 Å². The van der Waals surface area contributed by atoms with Crippen molar-refractivity contribution in [1.29, 1.82) is 0 Å². The smallest absolute Gasteiger partial charge is 0.308 e. The van der Waals surface area contributed by atoms with Gasteiger partial charge in [-0.15, -0.1) is 0 Å². The Morgan fingerprint density at radius 2 is 2.05 bits per heavy atom. The van der Waals surface area contributed by atoms with E-state index in [9.17, 15) is 9.59 Å². The first-order valence-corrected chi connectivity index (χ1v) is 6.64. The summed E-state index contributed by atoms with van der Waals surface area (Å²) in [4.78, 5) is 24.3. The minimum Gasteiger partial charge on any atom is -0.481 e.